The normalized spacial score (nSPS) is 11.1. The van der Waals surface area contributed by atoms with Crippen LogP contribution in [0.2, 0.25) is 0 Å². The van der Waals surface area contributed by atoms with Crippen LogP contribution in [0.5, 0.6) is 11.5 Å². The summed E-state index contributed by atoms with van der Waals surface area (Å²) in [7, 11) is 3.14. The molecule has 0 aliphatic rings. The number of fused-ring (bicyclic) bond motifs is 3. The average molecular weight is 462 g/mol. The van der Waals surface area contributed by atoms with Crippen molar-refractivity contribution in [2.45, 2.75) is 5.16 Å². The lowest BCUT2D eigenvalue weighted by atomic mass is 10.1. The van der Waals surface area contributed by atoms with E-state index in [-0.39, 0.29) is 11.7 Å². The van der Waals surface area contributed by atoms with E-state index in [0.29, 0.717) is 33.6 Å². The molecule has 5 aromatic rings. The molecule has 0 fully saturated rings. The van der Waals surface area contributed by atoms with E-state index in [1.165, 1.54) is 16.4 Å². The van der Waals surface area contributed by atoms with Crippen LogP contribution >= 0.6 is 11.8 Å². The number of carbonyl (C=O) groups is 1. The second-order valence-electron chi connectivity index (χ2n) is 7.03. The fourth-order valence-electron chi connectivity index (χ4n) is 3.56. The average Bonchev–Trinajstić information content (AvgIpc) is 3.46. The lowest BCUT2D eigenvalue weighted by molar-refractivity contribution is -0.113. The zero-order valence-corrected chi connectivity index (χ0v) is 18.6. The summed E-state index contributed by atoms with van der Waals surface area (Å²) in [4.78, 5) is 12.7. The number of nitrogens with zero attached hydrogens (tertiary/aromatic N) is 4. The summed E-state index contributed by atoms with van der Waals surface area (Å²) < 4.78 is 18.4. The highest BCUT2D eigenvalue weighted by atomic mass is 32.2. The Balaban J connectivity index is 1.35. The van der Waals surface area contributed by atoms with Gasteiger partial charge in [0.15, 0.2) is 0 Å². The maximum Gasteiger partial charge on any atom is 0.234 e. The smallest absolute Gasteiger partial charge is 0.234 e. The van der Waals surface area contributed by atoms with Gasteiger partial charge in [-0.3, -0.25) is 4.79 Å². The van der Waals surface area contributed by atoms with Crippen molar-refractivity contribution in [3.05, 3.63) is 60.7 Å². The summed E-state index contributed by atoms with van der Waals surface area (Å²) in [6, 6.07) is 18.8. The van der Waals surface area contributed by atoms with E-state index in [2.05, 4.69) is 20.8 Å². The number of para-hydroxylation sites is 3. The molecule has 0 spiro atoms. The molecule has 0 saturated carbocycles. The molecule has 0 saturated heterocycles. The maximum atomic E-state index is 12.7. The molecule has 10 heteroatoms. The molecule has 9 nitrogen and oxygen atoms in total. The van der Waals surface area contributed by atoms with E-state index in [0.717, 1.165) is 16.4 Å². The van der Waals surface area contributed by atoms with Crippen molar-refractivity contribution in [2.24, 2.45) is 0 Å². The summed E-state index contributed by atoms with van der Waals surface area (Å²) in [5.74, 6) is 1.03. The highest BCUT2D eigenvalue weighted by Crippen LogP contribution is 2.36. The predicted molar refractivity (Wildman–Crippen MR) is 125 cm³/mol. The second-order valence-corrected chi connectivity index (χ2v) is 7.97. The first-order valence-electron chi connectivity index (χ1n) is 10.0. The summed E-state index contributed by atoms with van der Waals surface area (Å²) in [6.07, 6.45) is 0. The monoisotopic (exact) mass is 461 g/mol. The number of tetrazole rings is 1. The molecule has 33 heavy (non-hydrogen) atoms. The van der Waals surface area contributed by atoms with Crippen LogP contribution in [0.3, 0.4) is 0 Å². The zero-order valence-electron chi connectivity index (χ0n) is 17.8. The summed E-state index contributed by atoms with van der Waals surface area (Å²) in [5, 5.41) is 17.1. The number of amides is 1. The minimum absolute atomic E-state index is 0.0941. The van der Waals surface area contributed by atoms with E-state index >= 15 is 0 Å². The minimum Gasteiger partial charge on any atom is -0.495 e. The number of ether oxygens (including phenoxy) is 2. The first-order chi connectivity index (χ1) is 16.2. The van der Waals surface area contributed by atoms with Gasteiger partial charge < -0.3 is 19.2 Å². The third kappa shape index (κ3) is 3.96. The van der Waals surface area contributed by atoms with Gasteiger partial charge in [0.2, 0.25) is 11.1 Å². The molecule has 5 rings (SSSR count). The van der Waals surface area contributed by atoms with Gasteiger partial charge in [-0.05, 0) is 34.7 Å². The number of hydrogen-bond donors (Lipinski definition) is 1. The molecule has 0 aliphatic heterocycles. The number of rotatable bonds is 7. The lowest BCUT2D eigenvalue weighted by Crippen LogP contribution is -2.15. The van der Waals surface area contributed by atoms with Crippen molar-refractivity contribution in [3.8, 4) is 17.2 Å². The van der Waals surface area contributed by atoms with Crippen molar-refractivity contribution >= 4 is 45.3 Å². The lowest BCUT2D eigenvalue weighted by Gasteiger charge is -2.11. The minimum atomic E-state index is -0.233. The quantitative estimate of drug-likeness (QED) is 0.358. The van der Waals surface area contributed by atoms with Crippen LogP contribution in [-0.2, 0) is 4.79 Å². The Morgan fingerprint density at radius 1 is 1.00 bits per heavy atom. The van der Waals surface area contributed by atoms with Crippen molar-refractivity contribution in [1.82, 2.24) is 20.2 Å². The van der Waals surface area contributed by atoms with Gasteiger partial charge in [0.25, 0.3) is 0 Å². The Hall–Kier alpha value is -4.05. The second kappa shape index (κ2) is 8.83. The van der Waals surface area contributed by atoms with Crippen LogP contribution in [0.4, 0.5) is 5.69 Å². The summed E-state index contributed by atoms with van der Waals surface area (Å²) >= 11 is 1.21. The maximum absolute atomic E-state index is 12.7. The topological polar surface area (TPSA) is 104 Å². The highest BCUT2D eigenvalue weighted by Gasteiger charge is 2.17. The number of hydrogen-bond acceptors (Lipinski definition) is 8. The Labute approximate surface area is 192 Å². The molecule has 1 N–H and O–H groups in total. The molecular weight excluding hydrogens is 442 g/mol. The van der Waals surface area contributed by atoms with Crippen LogP contribution in [0.25, 0.3) is 27.6 Å². The number of benzene rings is 3. The Kier molecular flexibility index (Phi) is 5.57. The Morgan fingerprint density at radius 3 is 2.64 bits per heavy atom. The highest BCUT2D eigenvalue weighted by molar-refractivity contribution is 7.99. The number of furan rings is 1. The number of anilines is 1. The Morgan fingerprint density at radius 2 is 1.79 bits per heavy atom. The number of carbonyl (C=O) groups excluding carboxylic acids is 1. The first kappa shape index (κ1) is 20.8. The molecule has 2 aromatic heterocycles. The standard InChI is InChI=1S/C23H19N5O4S/c1-30-19-10-6-4-8-17(19)28-23(25-26-27-28)33-13-22(29)24-16-12-20-15(11-21(16)31-2)14-7-3-5-9-18(14)32-20/h3-12H,13H2,1-2H3,(H,24,29). The van der Waals surface area contributed by atoms with E-state index in [4.69, 9.17) is 13.9 Å². The predicted octanol–water partition coefficient (Wildman–Crippen LogP) is 4.31. The summed E-state index contributed by atoms with van der Waals surface area (Å²) in [5.41, 5.74) is 2.65. The molecule has 1 amide bonds. The van der Waals surface area contributed by atoms with Gasteiger partial charge in [0.05, 0.1) is 25.7 Å². The van der Waals surface area contributed by atoms with Gasteiger partial charge in [-0.15, -0.1) is 5.10 Å². The fraction of sp³-hybridized carbons (Fsp3) is 0.130. The van der Waals surface area contributed by atoms with Gasteiger partial charge in [-0.1, -0.05) is 42.1 Å². The van der Waals surface area contributed by atoms with Crippen molar-refractivity contribution in [2.75, 3.05) is 25.3 Å². The van der Waals surface area contributed by atoms with Crippen LogP contribution in [0.15, 0.2) is 70.2 Å². The molecule has 0 bridgehead atoms. The van der Waals surface area contributed by atoms with Crippen molar-refractivity contribution in [3.63, 3.8) is 0 Å². The molecule has 0 unspecified atom stereocenters. The SMILES string of the molecule is COc1cc2c(cc1NC(=O)CSc1nnnn1-c1ccccc1OC)oc1ccccc12. The van der Waals surface area contributed by atoms with Crippen molar-refractivity contribution < 1.29 is 18.7 Å². The van der Waals surface area contributed by atoms with Crippen LogP contribution in [0, 0.1) is 0 Å². The zero-order chi connectivity index (χ0) is 22.8. The largest absolute Gasteiger partial charge is 0.495 e. The third-order valence-electron chi connectivity index (χ3n) is 5.06. The van der Waals surface area contributed by atoms with Gasteiger partial charge in [0.1, 0.15) is 28.4 Å². The first-order valence-corrected chi connectivity index (χ1v) is 11.0. The molecule has 0 atom stereocenters. The summed E-state index contributed by atoms with van der Waals surface area (Å²) in [6.45, 7) is 0. The number of nitrogens with one attached hydrogen (secondary N) is 1. The molecular formula is C23H19N5O4S. The van der Waals surface area contributed by atoms with Crippen LogP contribution in [-0.4, -0.2) is 46.1 Å². The van der Waals surface area contributed by atoms with Gasteiger partial charge in [-0.25, -0.2) is 0 Å². The molecule has 0 radical (unpaired) electrons. The van der Waals surface area contributed by atoms with E-state index in [9.17, 15) is 4.79 Å². The molecule has 3 aromatic carbocycles. The van der Waals surface area contributed by atoms with Gasteiger partial charge in [0, 0.05) is 16.8 Å². The molecule has 0 aliphatic carbocycles. The fourth-order valence-corrected chi connectivity index (χ4v) is 4.24. The number of methoxy groups -OCH3 is 2. The van der Waals surface area contributed by atoms with E-state index in [1.807, 2.05) is 54.6 Å². The van der Waals surface area contributed by atoms with Gasteiger partial charge >= 0.3 is 0 Å². The Bertz CT molecular complexity index is 1460. The number of aromatic nitrogens is 4. The van der Waals surface area contributed by atoms with Gasteiger partial charge in [-0.2, -0.15) is 4.68 Å². The van der Waals surface area contributed by atoms with E-state index in [1.54, 1.807) is 20.3 Å². The van der Waals surface area contributed by atoms with Crippen LogP contribution < -0.4 is 14.8 Å². The van der Waals surface area contributed by atoms with E-state index < -0.39 is 0 Å². The molecule has 166 valence electrons. The van der Waals surface area contributed by atoms with Crippen LogP contribution in [0.1, 0.15) is 0 Å². The third-order valence-corrected chi connectivity index (χ3v) is 5.98. The molecule has 2 heterocycles. The van der Waals surface area contributed by atoms with Crippen molar-refractivity contribution in [1.29, 1.82) is 0 Å². The number of thioether (sulfide) groups is 1.